The lowest BCUT2D eigenvalue weighted by Gasteiger charge is -2.35. The molecule has 1 aliphatic rings. The molecule has 0 saturated carbocycles. The summed E-state index contributed by atoms with van der Waals surface area (Å²) in [5.74, 6) is -2.70. The molecule has 128 valence electrons. The van der Waals surface area contributed by atoms with Gasteiger partial charge in [0.25, 0.3) is 0 Å². The van der Waals surface area contributed by atoms with Gasteiger partial charge in [-0.25, -0.2) is 17.2 Å². The number of benzene rings is 1. The maximum atomic E-state index is 13.2. The van der Waals surface area contributed by atoms with Crippen molar-refractivity contribution in [2.45, 2.75) is 50.1 Å². The fraction of sp³-hybridized carbons (Fsp3) is 0.533. The average molecular weight is 346 g/mol. The second-order valence-electron chi connectivity index (χ2n) is 5.80. The molecule has 0 aliphatic carbocycles. The van der Waals surface area contributed by atoms with Crippen LogP contribution in [0, 0.1) is 11.6 Å². The van der Waals surface area contributed by atoms with Crippen LogP contribution in [0.3, 0.4) is 0 Å². The van der Waals surface area contributed by atoms with E-state index in [2.05, 4.69) is 4.72 Å². The maximum Gasteiger partial charge on any atom is 0.241 e. The number of amides is 1. The van der Waals surface area contributed by atoms with Crippen molar-refractivity contribution in [1.29, 1.82) is 0 Å². The first kappa shape index (κ1) is 17.8. The van der Waals surface area contributed by atoms with E-state index in [-0.39, 0.29) is 11.9 Å². The third-order valence-electron chi connectivity index (χ3n) is 3.99. The number of halogens is 2. The topological polar surface area (TPSA) is 66.5 Å². The van der Waals surface area contributed by atoms with Gasteiger partial charge in [0.15, 0.2) is 11.6 Å². The molecule has 1 N–H and O–H groups in total. The van der Waals surface area contributed by atoms with Crippen molar-refractivity contribution in [2.24, 2.45) is 0 Å². The number of sulfonamides is 1. The molecule has 1 amide bonds. The Morgan fingerprint density at radius 1 is 1.30 bits per heavy atom. The molecule has 0 aromatic heterocycles. The van der Waals surface area contributed by atoms with Crippen LogP contribution in [0.1, 0.15) is 33.1 Å². The first-order valence-corrected chi connectivity index (χ1v) is 8.98. The summed E-state index contributed by atoms with van der Waals surface area (Å²) in [5, 5.41) is 0. The second-order valence-corrected chi connectivity index (χ2v) is 7.51. The van der Waals surface area contributed by atoms with Gasteiger partial charge in [-0.05, 0) is 51.3 Å². The number of nitrogens with zero attached hydrogens (tertiary/aromatic N) is 1. The van der Waals surface area contributed by atoms with E-state index < -0.39 is 32.6 Å². The Morgan fingerprint density at radius 3 is 2.61 bits per heavy atom. The van der Waals surface area contributed by atoms with Crippen molar-refractivity contribution in [2.75, 3.05) is 6.54 Å². The van der Waals surface area contributed by atoms with Gasteiger partial charge in [-0.15, -0.1) is 0 Å². The largest absolute Gasteiger partial charge is 0.339 e. The van der Waals surface area contributed by atoms with Crippen LogP contribution in [0.15, 0.2) is 23.1 Å². The molecule has 1 heterocycles. The highest BCUT2D eigenvalue weighted by atomic mass is 32.2. The fourth-order valence-electron chi connectivity index (χ4n) is 2.67. The normalized spacial score (nSPS) is 20.3. The van der Waals surface area contributed by atoms with Crippen LogP contribution in [0.25, 0.3) is 0 Å². The van der Waals surface area contributed by atoms with Crippen molar-refractivity contribution in [3.63, 3.8) is 0 Å². The van der Waals surface area contributed by atoms with Gasteiger partial charge < -0.3 is 4.90 Å². The van der Waals surface area contributed by atoms with E-state index in [1.807, 2.05) is 6.92 Å². The fourth-order valence-corrected chi connectivity index (χ4v) is 3.88. The highest BCUT2D eigenvalue weighted by Crippen LogP contribution is 2.18. The van der Waals surface area contributed by atoms with Gasteiger partial charge in [-0.1, -0.05) is 0 Å². The van der Waals surface area contributed by atoms with Crippen molar-refractivity contribution < 1.29 is 22.0 Å². The summed E-state index contributed by atoms with van der Waals surface area (Å²) in [7, 11) is -4.10. The Morgan fingerprint density at radius 2 is 2.00 bits per heavy atom. The van der Waals surface area contributed by atoms with Crippen LogP contribution in [0.2, 0.25) is 0 Å². The molecule has 23 heavy (non-hydrogen) atoms. The molecule has 5 nitrogen and oxygen atoms in total. The van der Waals surface area contributed by atoms with Crippen LogP contribution < -0.4 is 4.72 Å². The third kappa shape index (κ3) is 4.06. The Hall–Kier alpha value is -1.54. The summed E-state index contributed by atoms with van der Waals surface area (Å²) < 4.78 is 52.8. The molecule has 1 aliphatic heterocycles. The molecule has 2 rings (SSSR count). The number of likely N-dealkylation sites (tertiary alicyclic amines) is 1. The lowest BCUT2D eigenvalue weighted by molar-refractivity contribution is -0.135. The zero-order valence-corrected chi connectivity index (χ0v) is 13.9. The van der Waals surface area contributed by atoms with E-state index in [0.717, 1.165) is 31.4 Å². The number of carbonyl (C=O) groups excluding carboxylic acids is 1. The molecule has 0 spiro atoms. The molecule has 1 fully saturated rings. The first-order valence-electron chi connectivity index (χ1n) is 7.50. The summed E-state index contributed by atoms with van der Waals surface area (Å²) in [5.41, 5.74) is 0. The van der Waals surface area contributed by atoms with Crippen molar-refractivity contribution >= 4 is 15.9 Å². The second kappa shape index (κ2) is 6.92. The van der Waals surface area contributed by atoms with Crippen LogP contribution in [-0.4, -0.2) is 37.9 Å². The van der Waals surface area contributed by atoms with Gasteiger partial charge in [-0.2, -0.15) is 4.72 Å². The zero-order chi connectivity index (χ0) is 17.2. The van der Waals surface area contributed by atoms with Crippen molar-refractivity contribution in [1.82, 2.24) is 9.62 Å². The van der Waals surface area contributed by atoms with E-state index in [1.54, 1.807) is 4.90 Å². The molecule has 0 unspecified atom stereocenters. The molecule has 1 aromatic rings. The highest BCUT2D eigenvalue weighted by Gasteiger charge is 2.30. The number of carbonyl (C=O) groups is 1. The minimum atomic E-state index is -4.10. The maximum absolute atomic E-state index is 13.2. The monoisotopic (exact) mass is 346 g/mol. The quantitative estimate of drug-likeness (QED) is 0.907. The Kier molecular flexibility index (Phi) is 5.36. The van der Waals surface area contributed by atoms with E-state index in [0.29, 0.717) is 12.6 Å². The molecule has 0 radical (unpaired) electrons. The van der Waals surface area contributed by atoms with E-state index in [4.69, 9.17) is 0 Å². The number of hydrogen-bond acceptors (Lipinski definition) is 3. The first-order chi connectivity index (χ1) is 10.7. The zero-order valence-electron chi connectivity index (χ0n) is 13.1. The summed E-state index contributed by atoms with van der Waals surface area (Å²) in [6.45, 7) is 3.96. The Balaban J connectivity index is 2.12. The average Bonchev–Trinajstić information content (AvgIpc) is 2.49. The third-order valence-corrected chi connectivity index (χ3v) is 5.53. The molecule has 8 heteroatoms. The molecular weight excluding hydrogens is 326 g/mol. The predicted octanol–water partition coefficient (Wildman–Crippen LogP) is 2.03. The van der Waals surface area contributed by atoms with Crippen LogP contribution in [0.4, 0.5) is 8.78 Å². The summed E-state index contributed by atoms with van der Waals surface area (Å²) >= 11 is 0. The summed E-state index contributed by atoms with van der Waals surface area (Å²) in [6, 6.07) is 1.38. The summed E-state index contributed by atoms with van der Waals surface area (Å²) in [4.78, 5) is 13.6. The van der Waals surface area contributed by atoms with Crippen molar-refractivity contribution in [3.05, 3.63) is 29.8 Å². The van der Waals surface area contributed by atoms with Crippen LogP contribution >= 0.6 is 0 Å². The van der Waals surface area contributed by atoms with Gasteiger partial charge in [0, 0.05) is 12.6 Å². The Labute approximate surface area is 134 Å². The molecular formula is C15H20F2N2O3S. The lowest BCUT2D eigenvalue weighted by atomic mass is 10.0. The molecule has 0 bridgehead atoms. The van der Waals surface area contributed by atoms with Crippen molar-refractivity contribution in [3.8, 4) is 0 Å². The lowest BCUT2D eigenvalue weighted by Crippen LogP contribution is -2.51. The number of rotatable bonds is 4. The SMILES string of the molecule is C[C@@H](NS(=O)(=O)c1ccc(F)c(F)c1)C(=O)N1CCCC[C@@H]1C. The highest BCUT2D eigenvalue weighted by molar-refractivity contribution is 7.89. The summed E-state index contributed by atoms with van der Waals surface area (Å²) in [6.07, 6.45) is 2.81. The van der Waals surface area contributed by atoms with E-state index >= 15 is 0 Å². The van der Waals surface area contributed by atoms with Gasteiger partial charge in [0.2, 0.25) is 15.9 Å². The van der Waals surface area contributed by atoms with Crippen LogP contribution in [-0.2, 0) is 14.8 Å². The minimum Gasteiger partial charge on any atom is -0.339 e. The van der Waals surface area contributed by atoms with Gasteiger partial charge in [-0.3, -0.25) is 4.79 Å². The Bertz CT molecular complexity index is 694. The standard InChI is InChI=1S/C15H20F2N2O3S/c1-10-5-3-4-8-19(10)15(20)11(2)18-23(21,22)12-6-7-13(16)14(17)9-12/h6-7,9-11,18H,3-5,8H2,1-2H3/t10-,11+/m0/s1. The smallest absolute Gasteiger partial charge is 0.241 e. The number of nitrogens with one attached hydrogen (secondary N) is 1. The predicted molar refractivity (Wildman–Crippen MR) is 81.2 cm³/mol. The van der Waals surface area contributed by atoms with E-state index in [1.165, 1.54) is 6.92 Å². The van der Waals surface area contributed by atoms with Gasteiger partial charge in [0.05, 0.1) is 10.9 Å². The van der Waals surface area contributed by atoms with Crippen LogP contribution in [0.5, 0.6) is 0 Å². The van der Waals surface area contributed by atoms with Gasteiger partial charge >= 0.3 is 0 Å². The number of piperidine rings is 1. The molecule has 2 atom stereocenters. The van der Waals surface area contributed by atoms with Gasteiger partial charge in [0.1, 0.15) is 0 Å². The van der Waals surface area contributed by atoms with E-state index in [9.17, 15) is 22.0 Å². The molecule has 1 aromatic carbocycles. The molecule has 1 saturated heterocycles. The number of hydrogen-bond donors (Lipinski definition) is 1. The minimum absolute atomic E-state index is 0.0615.